The van der Waals surface area contributed by atoms with E-state index in [4.69, 9.17) is 14.0 Å². The minimum absolute atomic E-state index is 0.403. The summed E-state index contributed by atoms with van der Waals surface area (Å²) in [6.07, 6.45) is 4.98. The van der Waals surface area contributed by atoms with Gasteiger partial charge in [0.2, 0.25) is 0 Å². The third-order valence-electron chi connectivity index (χ3n) is 6.50. The zero-order valence-electron chi connectivity index (χ0n) is 18.3. The first-order valence-electron chi connectivity index (χ1n) is 10.6. The molecule has 4 aromatic rings. The third kappa shape index (κ3) is 2.90. The largest absolute Gasteiger partial charge is 0.494 e. The summed E-state index contributed by atoms with van der Waals surface area (Å²) in [6, 6.07) is 6.07. The quantitative estimate of drug-likeness (QED) is 0.432. The average molecular weight is 447 g/mol. The van der Waals surface area contributed by atoms with Gasteiger partial charge in [-0.15, -0.1) is 11.3 Å². The Morgan fingerprint density at radius 3 is 2.56 bits per heavy atom. The highest BCUT2D eigenvalue weighted by Crippen LogP contribution is 2.42. The van der Waals surface area contributed by atoms with E-state index in [1.165, 1.54) is 0 Å². The van der Waals surface area contributed by atoms with E-state index >= 15 is 0 Å². The number of fused-ring (bicyclic) bond motifs is 4. The fourth-order valence-corrected chi connectivity index (χ4v) is 5.11. The van der Waals surface area contributed by atoms with Crippen LogP contribution < -0.4 is 15.1 Å². The average Bonchev–Trinajstić information content (AvgIpc) is 3.26. The van der Waals surface area contributed by atoms with Gasteiger partial charge in [0.05, 0.1) is 23.4 Å². The molecule has 1 fully saturated rings. The molecule has 0 aliphatic carbocycles. The molecule has 3 aromatic heterocycles. The molecule has 1 saturated heterocycles. The standard InChI is InChI=1S/C22H22BN5O3S/c1-21(2)22(3,4)31-23(30-21)13-5-6-15-14(11-13)28(9-10-29-15)19-18-16(26-12-27-19)17-20(32-18)25-8-7-24-17/h5-8,11-12H,9-10H2,1-4H3. The SMILES string of the molecule is CC1(C)OB(c2ccc3c(c2)N(c2ncnc4c2sc2nccnc24)CCO3)OC1(C)C. The second-order valence-corrected chi connectivity index (χ2v) is 10.0. The summed E-state index contributed by atoms with van der Waals surface area (Å²) in [5.74, 6) is 1.64. The molecule has 8 nitrogen and oxygen atoms in total. The molecule has 2 aliphatic rings. The minimum Gasteiger partial charge on any atom is -0.490 e. The molecule has 0 amide bonds. The van der Waals surface area contributed by atoms with E-state index in [9.17, 15) is 0 Å². The van der Waals surface area contributed by atoms with Gasteiger partial charge in [0.25, 0.3) is 0 Å². The van der Waals surface area contributed by atoms with Crippen LogP contribution >= 0.6 is 11.3 Å². The van der Waals surface area contributed by atoms with E-state index in [1.807, 2.05) is 12.1 Å². The van der Waals surface area contributed by atoms with Crippen molar-refractivity contribution in [2.24, 2.45) is 0 Å². The number of thiophene rings is 1. The number of hydrogen-bond donors (Lipinski definition) is 0. The van der Waals surface area contributed by atoms with E-state index < -0.39 is 18.3 Å². The predicted molar refractivity (Wildman–Crippen MR) is 125 cm³/mol. The van der Waals surface area contributed by atoms with Gasteiger partial charge in [0.15, 0.2) is 5.82 Å². The molecule has 0 N–H and O–H groups in total. The second kappa shape index (κ2) is 6.84. The fourth-order valence-electron chi connectivity index (χ4n) is 4.06. The number of anilines is 2. The van der Waals surface area contributed by atoms with E-state index in [2.05, 4.69) is 58.6 Å². The lowest BCUT2D eigenvalue weighted by molar-refractivity contribution is 0.00578. The highest BCUT2D eigenvalue weighted by molar-refractivity contribution is 7.25. The van der Waals surface area contributed by atoms with E-state index in [0.717, 1.165) is 43.3 Å². The van der Waals surface area contributed by atoms with Crippen molar-refractivity contribution < 1.29 is 14.0 Å². The maximum atomic E-state index is 6.27. The lowest BCUT2D eigenvalue weighted by Gasteiger charge is -2.32. The fraction of sp³-hybridized carbons (Fsp3) is 0.364. The van der Waals surface area contributed by atoms with Gasteiger partial charge in [-0.1, -0.05) is 6.07 Å². The Bertz CT molecular complexity index is 1340. The molecule has 0 spiro atoms. The number of rotatable bonds is 2. The molecule has 32 heavy (non-hydrogen) atoms. The van der Waals surface area contributed by atoms with Crippen molar-refractivity contribution in [3.63, 3.8) is 0 Å². The molecular weight excluding hydrogens is 425 g/mol. The van der Waals surface area contributed by atoms with Gasteiger partial charge in [0.1, 0.15) is 39.2 Å². The minimum atomic E-state index is -0.447. The second-order valence-electron chi connectivity index (χ2n) is 9.00. The van der Waals surface area contributed by atoms with E-state index in [-0.39, 0.29) is 0 Å². The van der Waals surface area contributed by atoms with E-state index in [0.29, 0.717) is 13.2 Å². The Labute approximate surface area is 189 Å². The monoisotopic (exact) mass is 447 g/mol. The van der Waals surface area contributed by atoms with Gasteiger partial charge in [-0.25, -0.2) is 19.9 Å². The van der Waals surface area contributed by atoms with Crippen LogP contribution in [0.5, 0.6) is 5.75 Å². The first kappa shape index (κ1) is 19.8. The van der Waals surface area contributed by atoms with Crippen LogP contribution in [0.15, 0.2) is 36.9 Å². The lowest BCUT2D eigenvalue weighted by atomic mass is 9.78. The van der Waals surface area contributed by atoms with Crippen LogP contribution in [0, 0.1) is 0 Å². The van der Waals surface area contributed by atoms with Gasteiger partial charge in [-0.05, 0) is 45.3 Å². The molecule has 0 bridgehead atoms. The Kier molecular flexibility index (Phi) is 4.24. The number of aromatic nitrogens is 4. The number of hydrogen-bond acceptors (Lipinski definition) is 9. The Balaban J connectivity index is 1.46. The molecule has 162 valence electrons. The molecule has 5 heterocycles. The number of ether oxygens (including phenoxy) is 1. The van der Waals surface area contributed by atoms with Crippen LogP contribution in [-0.4, -0.2) is 51.4 Å². The smallest absolute Gasteiger partial charge is 0.490 e. The zero-order chi connectivity index (χ0) is 22.1. The first-order valence-corrected chi connectivity index (χ1v) is 11.4. The van der Waals surface area contributed by atoms with Gasteiger partial charge >= 0.3 is 7.12 Å². The molecule has 0 atom stereocenters. The summed E-state index contributed by atoms with van der Waals surface area (Å²) < 4.78 is 19.5. The van der Waals surface area contributed by atoms with Crippen LogP contribution in [0.1, 0.15) is 27.7 Å². The molecular formula is C22H22BN5O3S. The molecule has 2 aliphatic heterocycles. The summed E-state index contributed by atoms with van der Waals surface area (Å²) >= 11 is 1.56. The third-order valence-corrected chi connectivity index (χ3v) is 7.57. The summed E-state index contributed by atoms with van der Waals surface area (Å²) in [5.41, 5.74) is 2.69. The molecule has 1 aromatic carbocycles. The Morgan fingerprint density at radius 1 is 0.969 bits per heavy atom. The Morgan fingerprint density at radius 2 is 1.75 bits per heavy atom. The summed E-state index contributed by atoms with van der Waals surface area (Å²) in [4.78, 5) is 21.1. The van der Waals surface area contributed by atoms with Crippen molar-refractivity contribution in [3.8, 4) is 5.75 Å². The van der Waals surface area contributed by atoms with Gasteiger partial charge in [-0.3, -0.25) is 0 Å². The zero-order valence-corrected chi connectivity index (χ0v) is 19.1. The van der Waals surface area contributed by atoms with Crippen LogP contribution in [0.3, 0.4) is 0 Å². The summed E-state index contributed by atoms with van der Waals surface area (Å²) in [5, 5.41) is 0. The van der Waals surface area contributed by atoms with Crippen LogP contribution in [-0.2, 0) is 9.31 Å². The topological polar surface area (TPSA) is 82.5 Å². The predicted octanol–water partition coefficient (Wildman–Crippen LogP) is 3.46. The molecule has 10 heteroatoms. The van der Waals surface area contributed by atoms with Gasteiger partial charge in [0, 0.05) is 12.4 Å². The van der Waals surface area contributed by atoms with Crippen molar-refractivity contribution in [2.75, 3.05) is 18.1 Å². The maximum absolute atomic E-state index is 6.27. The van der Waals surface area contributed by atoms with Crippen LogP contribution in [0.4, 0.5) is 11.5 Å². The van der Waals surface area contributed by atoms with Gasteiger partial charge in [-0.2, -0.15) is 0 Å². The van der Waals surface area contributed by atoms with Gasteiger partial charge < -0.3 is 18.9 Å². The molecule has 0 radical (unpaired) electrons. The summed E-state index contributed by atoms with van der Waals surface area (Å²) in [6.45, 7) is 9.46. The Hall–Kier alpha value is -2.82. The first-order chi connectivity index (χ1) is 15.3. The van der Waals surface area contributed by atoms with Crippen molar-refractivity contribution in [1.29, 1.82) is 0 Å². The molecule has 6 rings (SSSR count). The molecule has 0 unspecified atom stereocenters. The normalized spacial score (nSPS) is 19.4. The van der Waals surface area contributed by atoms with Crippen molar-refractivity contribution in [1.82, 2.24) is 19.9 Å². The highest BCUT2D eigenvalue weighted by Gasteiger charge is 2.51. The van der Waals surface area contributed by atoms with E-state index in [1.54, 1.807) is 30.1 Å². The number of benzene rings is 1. The highest BCUT2D eigenvalue weighted by atomic mass is 32.1. The molecule has 0 saturated carbocycles. The lowest BCUT2D eigenvalue weighted by Crippen LogP contribution is -2.41. The number of nitrogens with zero attached hydrogens (tertiary/aromatic N) is 5. The van der Waals surface area contributed by atoms with Crippen molar-refractivity contribution in [2.45, 2.75) is 38.9 Å². The van der Waals surface area contributed by atoms with Crippen LogP contribution in [0.2, 0.25) is 0 Å². The maximum Gasteiger partial charge on any atom is 0.494 e. The summed E-state index contributed by atoms with van der Waals surface area (Å²) in [7, 11) is -0.447. The van der Waals surface area contributed by atoms with Crippen molar-refractivity contribution >= 4 is 56.0 Å². The van der Waals surface area contributed by atoms with Crippen molar-refractivity contribution in [3.05, 3.63) is 36.9 Å². The van der Waals surface area contributed by atoms with Crippen LogP contribution in [0.25, 0.3) is 20.6 Å².